The predicted molar refractivity (Wildman–Crippen MR) is 170 cm³/mol. The lowest BCUT2D eigenvalue weighted by molar-refractivity contribution is -0.249. The predicted octanol–water partition coefficient (Wildman–Crippen LogP) is 4.73. The van der Waals surface area contributed by atoms with Crippen LogP contribution in [0.25, 0.3) is 0 Å². The molecule has 244 valence electrons. The minimum atomic E-state index is -0.911. The number of hydrogen-bond acceptors (Lipinski definition) is 7. The number of nitrogens with zero attached hydrogens (tertiary/aromatic N) is 1. The van der Waals surface area contributed by atoms with Gasteiger partial charge >= 0.3 is 0 Å². The van der Waals surface area contributed by atoms with Crippen LogP contribution in [0.2, 0.25) is 0 Å². The second-order valence-electron chi connectivity index (χ2n) is 17.8. The zero-order valence-electron chi connectivity index (χ0n) is 27.5. The summed E-state index contributed by atoms with van der Waals surface area (Å²) in [5.74, 6) is 2.19. The number of nitrogens with two attached hydrogens (primary N) is 1. The molecular formula is C35H59N2O5P. The number of aliphatic hydroxyl groups is 1. The minimum Gasteiger partial charge on any atom is -0.389 e. The molecule has 0 radical (unpaired) electrons. The Labute approximate surface area is 262 Å². The lowest BCUT2D eigenvalue weighted by Crippen LogP contribution is -2.64. The highest BCUT2D eigenvalue weighted by Crippen LogP contribution is 2.89. The fourth-order valence-electron chi connectivity index (χ4n) is 12.9. The highest BCUT2D eigenvalue weighted by molar-refractivity contribution is 7.19. The molecule has 2 spiro atoms. The van der Waals surface area contributed by atoms with Crippen LogP contribution in [-0.4, -0.2) is 90.4 Å². The lowest BCUT2D eigenvalue weighted by atomic mass is 9.45. The van der Waals surface area contributed by atoms with E-state index in [1.165, 1.54) is 51.4 Å². The first-order valence-electron chi connectivity index (χ1n) is 17.8. The molecule has 0 amide bonds. The first-order chi connectivity index (χ1) is 20.3. The summed E-state index contributed by atoms with van der Waals surface area (Å²) in [6, 6.07) is 0.210. The Kier molecular flexibility index (Phi) is 6.98. The summed E-state index contributed by atoms with van der Waals surface area (Å²) in [5.41, 5.74) is 6.97. The molecule has 43 heavy (non-hydrogen) atoms. The smallest absolute Gasteiger partial charge is 0.170 e. The molecule has 0 bridgehead atoms. The summed E-state index contributed by atoms with van der Waals surface area (Å²) in [5, 5.41) is 10.8. The van der Waals surface area contributed by atoms with Crippen molar-refractivity contribution in [3.8, 4) is 0 Å². The average Bonchev–Trinajstić information content (AvgIpc) is 3.51. The third-order valence-corrected chi connectivity index (χ3v) is 17.3. The Hall–Kier alpha value is 0.150. The van der Waals surface area contributed by atoms with Crippen molar-refractivity contribution in [3.63, 3.8) is 0 Å². The molecule has 13 atom stereocenters. The molecule has 3 N–H and O–H groups in total. The van der Waals surface area contributed by atoms with Gasteiger partial charge in [-0.2, -0.15) is 0 Å². The zero-order chi connectivity index (χ0) is 30.2. The second-order valence-corrected chi connectivity index (χ2v) is 18.8. The molecule has 0 aromatic carbocycles. The van der Waals surface area contributed by atoms with Gasteiger partial charge in [0.05, 0.1) is 62.4 Å². The maximum Gasteiger partial charge on any atom is 0.170 e. The lowest BCUT2D eigenvalue weighted by Gasteiger charge is -2.65. The fourth-order valence-corrected chi connectivity index (χ4v) is 13.8. The molecule has 5 saturated carbocycles. The van der Waals surface area contributed by atoms with Crippen molar-refractivity contribution in [2.24, 2.45) is 45.1 Å². The normalized spacial score (nSPS) is 53.4. The van der Waals surface area contributed by atoms with E-state index >= 15 is 0 Å². The van der Waals surface area contributed by atoms with E-state index in [0.29, 0.717) is 34.3 Å². The molecule has 5 aliphatic carbocycles. The molecule has 3 aliphatic heterocycles. The van der Waals surface area contributed by atoms with Crippen molar-refractivity contribution in [2.75, 3.05) is 32.9 Å². The van der Waals surface area contributed by atoms with Gasteiger partial charge in [0, 0.05) is 12.0 Å². The fraction of sp³-hybridized carbons (Fsp3) is 1.00. The van der Waals surface area contributed by atoms with Crippen LogP contribution in [0.3, 0.4) is 0 Å². The van der Waals surface area contributed by atoms with E-state index in [1.807, 2.05) is 13.8 Å². The third kappa shape index (κ3) is 4.07. The highest BCUT2D eigenvalue weighted by Gasteiger charge is 2.84. The minimum absolute atomic E-state index is 0.0318. The molecule has 7 nitrogen and oxygen atoms in total. The quantitative estimate of drug-likeness (QED) is 0.431. The first-order valence-corrected chi connectivity index (χ1v) is 18.3. The number of ether oxygens (including phenoxy) is 4. The van der Waals surface area contributed by atoms with Gasteiger partial charge in [-0.05, 0) is 117 Å². The summed E-state index contributed by atoms with van der Waals surface area (Å²) >= 11 is 0. The van der Waals surface area contributed by atoms with Crippen molar-refractivity contribution < 1.29 is 24.1 Å². The standard InChI is InChI=1S/C35H59N2O5P/c1-30(2)27(42-28-17-37(14-15-40-28)21-18-39-19-21)9-10-34-20-33(34)13-12-32(5)23-6-7-25(29(36)31(3,4)38)41-26(23)16-24(32)22(33)8-11-35(30,34)43/h21-29,38H,6-20,36,43H2,1-5H3/t22?,23-,24?,25+,26+,27-,28?,29-,32?,33-,34?,35?/m0/s1. The molecule has 3 heterocycles. The number of hydrogen-bond donors (Lipinski definition) is 2. The van der Waals surface area contributed by atoms with Gasteiger partial charge in [0.15, 0.2) is 6.29 Å². The molecule has 7 unspecified atom stereocenters. The zero-order valence-corrected chi connectivity index (χ0v) is 28.6. The highest BCUT2D eigenvalue weighted by atomic mass is 31.0. The molecule has 8 fully saturated rings. The first kappa shape index (κ1) is 30.5. The maximum atomic E-state index is 10.6. The van der Waals surface area contributed by atoms with Gasteiger partial charge < -0.3 is 29.8 Å². The topological polar surface area (TPSA) is 86.4 Å². The van der Waals surface area contributed by atoms with Crippen LogP contribution in [0.1, 0.15) is 98.8 Å². The molecule has 0 aromatic rings. The molecule has 8 aliphatic rings. The van der Waals surface area contributed by atoms with Gasteiger partial charge in [-0.25, -0.2) is 0 Å². The molecular weight excluding hydrogens is 559 g/mol. The SMILES string of the molecule is CC(C)(O)[C@@H](N)[C@H]1CC[C@H]2[C@@H](CC3C4CCC5(P)C(C)(C)[C@@H](OC6CN(C7COC7)CCO6)CCC56C[C@@]46CCC32C)O1. The van der Waals surface area contributed by atoms with Crippen LogP contribution in [0.15, 0.2) is 0 Å². The van der Waals surface area contributed by atoms with E-state index in [0.717, 1.165) is 57.6 Å². The van der Waals surface area contributed by atoms with E-state index in [4.69, 9.17) is 24.7 Å². The van der Waals surface area contributed by atoms with Crippen molar-refractivity contribution in [1.82, 2.24) is 4.90 Å². The third-order valence-electron chi connectivity index (χ3n) is 15.7. The largest absolute Gasteiger partial charge is 0.389 e. The van der Waals surface area contributed by atoms with E-state index < -0.39 is 5.60 Å². The molecule has 3 saturated heterocycles. The number of fused-ring (bicyclic) bond motifs is 4. The van der Waals surface area contributed by atoms with Gasteiger partial charge in [-0.1, -0.05) is 20.8 Å². The second kappa shape index (κ2) is 9.84. The monoisotopic (exact) mass is 618 g/mol. The van der Waals surface area contributed by atoms with Crippen molar-refractivity contribution in [3.05, 3.63) is 0 Å². The van der Waals surface area contributed by atoms with Crippen LogP contribution in [0, 0.1) is 39.4 Å². The Morgan fingerprint density at radius 1 is 1.00 bits per heavy atom. The Bertz CT molecular complexity index is 1110. The average molecular weight is 619 g/mol. The van der Waals surface area contributed by atoms with E-state index in [2.05, 4.69) is 34.9 Å². The van der Waals surface area contributed by atoms with E-state index in [1.54, 1.807) is 0 Å². The van der Waals surface area contributed by atoms with Gasteiger partial charge in [-0.15, -0.1) is 9.24 Å². The summed E-state index contributed by atoms with van der Waals surface area (Å²) in [6.07, 6.45) is 13.0. The molecule has 8 heteroatoms. The van der Waals surface area contributed by atoms with Gasteiger partial charge in [0.2, 0.25) is 0 Å². The van der Waals surface area contributed by atoms with Gasteiger partial charge in [0.25, 0.3) is 0 Å². The number of morpholine rings is 1. The van der Waals surface area contributed by atoms with E-state index in [9.17, 15) is 5.11 Å². The Morgan fingerprint density at radius 3 is 2.51 bits per heavy atom. The Morgan fingerprint density at radius 2 is 1.79 bits per heavy atom. The molecule has 8 rings (SSSR count). The van der Waals surface area contributed by atoms with Crippen LogP contribution >= 0.6 is 9.24 Å². The number of rotatable bonds is 5. The van der Waals surface area contributed by atoms with Crippen LogP contribution in [-0.2, 0) is 18.9 Å². The van der Waals surface area contributed by atoms with Crippen molar-refractivity contribution in [2.45, 2.75) is 146 Å². The van der Waals surface area contributed by atoms with Crippen molar-refractivity contribution >= 4 is 9.24 Å². The maximum absolute atomic E-state index is 10.6. The Balaban J connectivity index is 0.996. The van der Waals surface area contributed by atoms with Crippen LogP contribution in [0.4, 0.5) is 0 Å². The van der Waals surface area contributed by atoms with Crippen LogP contribution in [0.5, 0.6) is 0 Å². The van der Waals surface area contributed by atoms with E-state index in [-0.39, 0.29) is 35.1 Å². The summed E-state index contributed by atoms with van der Waals surface area (Å²) < 4.78 is 25.5. The summed E-state index contributed by atoms with van der Waals surface area (Å²) in [4.78, 5) is 2.52. The summed E-state index contributed by atoms with van der Waals surface area (Å²) in [7, 11) is 3.52. The van der Waals surface area contributed by atoms with Gasteiger partial charge in [0.1, 0.15) is 0 Å². The summed E-state index contributed by atoms with van der Waals surface area (Å²) in [6.45, 7) is 15.7. The van der Waals surface area contributed by atoms with Gasteiger partial charge in [-0.3, -0.25) is 4.90 Å². The van der Waals surface area contributed by atoms with Crippen molar-refractivity contribution in [1.29, 1.82) is 0 Å². The molecule has 0 aromatic heterocycles. The van der Waals surface area contributed by atoms with Crippen LogP contribution < -0.4 is 5.73 Å².